The molecule has 1 aliphatic rings. The van der Waals surface area contributed by atoms with E-state index in [1.54, 1.807) is 63.4 Å². The van der Waals surface area contributed by atoms with Crippen LogP contribution in [0.15, 0.2) is 114 Å². The Hall–Kier alpha value is -4.76. The van der Waals surface area contributed by atoms with E-state index in [9.17, 15) is 19.5 Å². The zero-order valence-electron chi connectivity index (χ0n) is 29.1. The number of likely N-dealkylation sites (tertiary alicyclic amines) is 1. The van der Waals surface area contributed by atoms with Crippen molar-refractivity contribution in [1.82, 2.24) is 9.47 Å². The van der Waals surface area contributed by atoms with Gasteiger partial charge in [0.2, 0.25) is 0 Å². The molecule has 5 aromatic rings. The number of para-hydroxylation sites is 1. The predicted octanol–water partition coefficient (Wildman–Crippen LogP) is 8.81. The van der Waals surface area contributed by atoms with Gasteiger partial charge in [0.25, 0.3) is 0 Å². The Morgan fingerprint density at radius 2 is 1.62 bits per heavy atom. The van der Waals surface area contributed by atoms with Crippen molar-refractivity contribution >= 4 is 51.9 Å². The summed E-state index contributed by atoms with van der Waals surface area (Å²) in [7, 11) is 0. The molecule has 0 aliphatic carbocycles. The maximum Gasteiger partial charge on any atom is 0.419 e. The number of hydrogen-bond donors (Lipinski definition) is 1. The molecule has 1 saturated heterocycles. The minimum Gasteiger partial charge on any atom is -0.625 e. The molecule has 0 radical (unpaired) electrons. The number of fused-ring (bicyclic) bond motifs is 1. The van der Waals surface area contributed by atoms with Crippen LogP contribution in [-0.4, -0.2) is 62.5 Å². The van der Waals surface area contributed by atoms with Crippen LogP contribution in [0.3, 0.4) is 0 Å². The van der Waals surface area contributed by atoms with Gasteiger partial charge in [0.15, 0.2) is 6.04 Å². The number of rotatable bonds is 10. The van der Waals surface area contributed by atoms with Crippen molar-refractivity contribution in [2.45, 2.75) is 64.3 Å². The average Bonchev–Trinajstić information content (AvgIpc) is 3.72. The molecule has 11 heteroatoms. The van der Waals surface area contributed by atoms with Gasteiger partial charge in [0, 0.05) is 46.6 Å². The van der Waals surface area contributed by atoms with Crippen molar-refractivity contribution in [2.24, 2.45) is 4.99 Å². The number of amides is 1. The zero-order chi connectivity index (χ0) is 36.1. The van der Waals surface area contributed by atoms with Gasteiger partial charge in [0.05, 0.1) is 28.2 Å². The summed E-state index contributed by atoms with van der Waals surface area (Å²) in [5.41, 5.74) is 3.39. The second-order valence-corrected chi connectivity index (χ2v) is 14.0. The Labute approximate surface area is 318 Å². The summed E-state index contributed by atoms with van der Waals surface area (Å²) in [4.78, 5) is 47.0. The first kappa shape index (κ1) is 38.5. The quantitative estimate of drug-likeness (QED) is 0.112. The molecule has 1 fully saturated rings. The SMILES string of the molecule is CC(C)(C)OC(=O)n1cc(C[C@H](N=C(c2ccccc2)c2ccccc2[N-]C(=O)[C@@H]2CCCN2Cc2ccccc2)C(=O)O)c2c(Cl)cccc21.[Ni]. The largest absolute Gasteiger partial charge is 0.625 e. The number of hydrogen-bond acceptors (Lipinski definition) is 6. The van der Waals surface area contributed by atoms with Crippen molar-refractivity contribution in [3.8, 4) is 0 Å². The fraction of sp³-hybridized carbons (Fsp3) is 0.268. The second-order valence-electron chi connectivity index (χ2n) is 13.6. The van der Waals surface area contributed by atoms with Crippen molar-refractivity contribution in [3.05, 3.63) is 142 Å². The van der Waals surface area contributed by atoms with Crippen LogP contribution in [0.4, 0.5) is 10.5 Å². The van der Waals surface area contributed by atoms with Crippen molar-refractivity contribution in [1.29, 1.82) is 0 Å². The fourth-order valence-electron chi connectivity index (χ4n) is 6.46. The van der Waals surface area contributed by atoms with E-state index >= 15 is 0 Å². The van der Waals surface area contributed by atoms with Crippen LogP contribution in [0.5, 0.6) is 0 Å². The summed E-state index contributed by atoms with van der Waals surface area (Å²) in [5, 5.41) is 16.1. The number of aromatic nitrogens is 1. The average molecular weight is 763 g/mol. The minimum atomic E-state index is -1.28. The van der Waals surface area contributed by atoms with Crippen molar-refractivity contribution < 1.29 is 40.7 Å². The molecule has 1 N–H and O–H groups in total. The number of halogens is 1. The number of carbonyl (C=O) groups is 3. The molecular formula is C41H40ClN4NiO5-. The minimum absolute atomic E-state index is 0. The number of nitrogens with zero attached hydrogens (tertiary/aromatic N) is 4. The van der Waals surface area contributed by atoms with Crippen LogP contribution in [0, 0.1) is 0 Å². The molecule has 2 atom stereocenters. The first-order valence-electron chi connectivity index (χ1n) is 17.0. The first-order chi connectivity index (χ1) is 24.5. The van der Waals surface area contributed by atoms with Crippen LogP contribution in [0.2, 0.25) is 5.02 Å². The van der Waals surface area contributed by atoms with Gasteiger partial charge in [-0.2, -0.15) is 0 Å². The number of aliphatic imine (C=N–C) groups is 1. The molecule has 9 nitrogen and oxygen atoms in total. The molecule has 0 saturated carbocycles. The predicted molar refractivity (Wildman–Crippen MR) is 200 cm³/mol. The third-order valence-corrected chi connectivity index (χ3v) is 9.06. The van der Waals surface area contributed by atoms with E-state index in [2.05, 4.69) is 22.3 Å². The summed E-state index contributed by atoms with van der Waals surface area (Å²) >= 11 is 6.66. The Kier molecular flexibility index (Phi) is 12.4. The number of ether oxygens (including phenoxy) is 1. The van der Waals surface area contributed by atoms with Crippen molar-refractivity contribution in [3.63, 3.8) is 0 Å². The standard InChI is InChI=1S/C41H41ClN4O5.Ni/c1-41(2,3)51-40(50)46-26-29(36-31(42)19-12-21-34(36)46)24-33(39(48)49)43-37(28-16-8-5-9-17-28)30-18-10-11-20-32(30)44-38(47)35-22-13-23-45(35)25-27-14-6-4-7-15-27;/h4-12,14-21,26,33,35H,13,22-25H2,1-3H3,(H2,43,44,47,48,49);/p-1/t33-,35-;/m0./s1. The molecule has 52 heavy (non-hydrogen) atoms. The maximum absolute atomic E-state index is 13.8. The molecule has 272 valence electrons. The van der Waals surface area contributed by atoms with Gasteiger partial charge in [-0.05, 0) is 69.0 Å². The topological polar surface area (TPSA) is 115 Å². The molecule has 4 aromatic carbocycles. The van der Waals surface area contributed by atoms with Crippen LogP contribution in [0.1, 0.15) is 55.9 Å². The van der Waals surface area contributed by atoms with E-state index in [1.807, 2.05) is 54.6 Å². The first-order valence-corrected chi connectivity index (χ1v) is 17.4. The van der Waals surface area contributed by atoms with E-state index < -0.39 is 23.7 Å². The van der Waals surface area contributed by atoms with E-state index in [0.29, 0.717) is 57.0 Å². The normalized spacial score (nSPS) is 15.5. The molecule has 1 aromatic heterocycles. The van der Waals surface area contributed by atoms with Gasteiger partial charge in [0.1, 0.15) is 5.60 Å². The van der Waals surface area contributed by atoms with Crippen LogP contribution in [0.25, 0.3) is 16.2 Å². The molecule has 1 aliphatic heterocycles. The summed E-state index contributed by atoms with van der Waals surface area (Å²) in [6.07, 6.45) is 2.49. The summed E-state index contributed by atoms with van der Waals surface area (Å²) in [6.45, 7) is 6.78. The Balaban J connectivity index is 0.00000523. The number of carbonyl (C=O) groups excluding carboxylic acids is 2. The Morgan fingerprint density at radius 1 is 0.942 bits per heavy atom. The monoisotopic (exact) mass is 761 g/mol. The van der Waals surface area contributed by atoms with Gasteiger partial charge < -0.3 is 20.0 Å². The van der Waals surface area contributed by atoms with Gasteiger partial charge in [-0.3, -0.25) is 14.5 Å². The molecule has 2 heterocycles. The van der Waals surface area contributed by atoms with E-state index in [4.69, 9.17) is 21.3 Å². The molecule has 6 rings (SSSR count). The van der Waals surface area contributed by atoms with E-state index in [-0.39, 0.29) is 34.9 Å². The Morgan fingerprint density at radius 3 is 2.31 bits per heavy atom. The fourth-order valence-corrected chi connectivity index (χ4v) is 6.75. The van der Waals surface area contributed by atoms with Gasteiger partial charge in [-0.15, -0.1) is 5.69 Å². The molecular weight excluding hydrogens is 723 g/mol. The van der Waals surface area contributed by atoms with Crippen LogP contribution >= 0.6 is 11.6 Å². The smallest absolute Gasteiger partial charge is 0.419 e. The van der Waals surface area contributed by atoms with E-state index in [1.165, 1.54) is 4.57 Å². The second kappa shape index (κ2) is 16.7. The van der Waals surface area contributed by atoms with E-state index in [0.717, 1.165) is 18.5 Å². The maximum atomic E-state index is 13.8. The summed E-state index contributed by atoms with van der Waals surface area (Å²) in [6, 6.07) is 30.0. The number of carboxylic acids is 1. The van der Waals surface area contributed by atoms with Gasteiger partial charge >= 0.3 is 12.1 Å². The van der Waals surface area contributed by atoms with Gasteiger partial charge in [-0.1, -0.05) is 103 Å². The van der Waals surface area contributed by atoms with Crippen LogP contribution in [-0.2, 0) is 43.8 Å². The number of benzene rings is 4. The third-order valence-electron chi connectivity index (χ3n) is 8.74. The summed E-state index contributed by atoms with van der Waals surface area (Å²) < 4.78 is 6.99. The molecule has 0 unspecified atom stereocenters. The third kappa shape index (κ3) is 8.99. The number of aliphatic carboxylic acids is 1. The zero-order valence-corrected chi connectivity index (χ0v) is 30.9. The van der Waals surface area contributed by atoms with Crippen molar-refractivity contribution in [2.75, 3.05) is 6.54 Å². The van der Waals surface area contributed by atoms with Crippen LogP contribution < -0.4 is 0 Å². The number of carboxylic acid groups (broad SMARTS) is 1. The van der Waals surface area contributed by atoms with Gasteiger partial charge in [-0.25, -0.2) is 9.59 Å². The molecule has 0 bridgehead atoms. The molecule has 0 spiro atoms. The molecule has 1 amide bonds. The summed E-state index contributed by atoms with van der Waals surface area (Å²) in [5.74, 6) is -1.41. The Bertz CT molecular complexity index is 2080.